The lowest BCUT2D eigenvalue weighted by molar-refractivity contribution is 0.0955. The fourth-order valence-corrected chi connectivity index (χ4v) is 3.33. The first-order valence-electron chi connectivity index (χ1n) is 6.89. The van der Waals surface area contributed by atoms with Gasteiger partial charge in [0, 0.05) is 22.0 Å². The molecule has 0 atom stereocenters. The van der Waals surface area contributed by atoms with Crippen LogP contribution in [0.15, 0.2) is 18.2 Å². The van der Waals surface area contributed by atoms with Crippen molar-refractivity contribution in [3.8, 4) is 11.1 Å². The highest BCUT2D eigenvalue weighted by atomic mass is 35.5. The van der Waals surface area contributed by atoms with Crippen LogP contribution in [-0.2, 0) is 0 Å². The zero-order valence-corrected chi connectivity index (χ0v) is 14.0. The molecule has 0 aliphatic carbocycles. The molecule has 3 N–H and O–H groups in total. The van der Waals surface area contributed by atoms with E-state index < -0.39 is 0 Å². The molecule has 2 rings (SSSR count). The molecule has 1 heterocycles. The number of amides is 1. The molecule has 1 aromatic carbocycles. The Hall–Kier alpha value is -1.52. The highest BCUT2D eigenvalue weighted by molar-refractivity contribution is 7.16. The first kappa shape index (κ1) is 15.9. The van der Waals surface area contributed by atoms with E-state index in [-0.39, 0.29) is 5.91 Å². The van der Waals surface area contributed by atoms with Crippen LogP contribution < -0.4 is 11.1 Å². The molecule has 3 nitrogen and oxygen atoms in total. The van der Waals surface area contributed by atoms with E-state index in [2.05, 4.69) is 5.32 Å². The number of benzene rings is 1. The summed E-state index contributed by atoms with van der Waals surface area (Å²) in [4.78, 5) is 13.4. The number of rotatable bonds is 4. The number of thiophene rings is 1. The minimum absolute atomic E-state index is 0.110. The molecule has 0 saturated carbocycles. The third kappa shape index (κ3) is 3.22. The number of hydrogen-bond donors (Lipinski definition) is 2. The predicted octanol–water partition coefficient (Wildman–Crippen LogP) is 4.41. The summed E-state index contributed by atoms with van der Waals surface area (Å²) >= 11 is 7.53. The smallest absolute Gasteiger partial charge is 0.254 e. The van der Waals surface area contributed by atoms with E-state index in [1.807, 2.05) is 39.0 Å². The van der Waals surface area contributed by atoms with E-state index in [1.54, 1.807) is 0 Å². The molecule has 0 bridgehead atoms. The Morgan fingerprint density at radius 3 is 2.71 bits per heavy atom. The predicted molar refractivity (Wildman–Crippen MR) is 91.3 cm³/mol. The fourth-order valence-electron chi connectivity index (χ4n) is 2.27. The monoisotopic (exact) mass is 322 g/mol. The summed E-state index contributed by atoms with van der Waals surface area (Å²) in [6.45, 7) is 6.60. The van der Waals surface area contributed by atoms with Crippen molar-refractivity contribution < 1.29 is 4.79 Å². The highest BCUT2D eigenvalue weighted by Gasteiger charge is 2.21. The maximum atomic E-state index is 12.4. The molecule has 1 amide bonds. The summed E-state index contributed by atoms with van der Waals surface area (Å²) in [7, 11) is 0. The van der Waals surface area contributed by atoms with Crippen LogP contribution in [-0.4, -0.2) is 12.5 Å². The van der Waals surface area contributed by atoms with E-state index in [1.165, 1.54) is 11.3 Å². The molecule has 112 valence electrons. The summed E-state index contributed by atoms with van der Waals surface area (Å²) in [5, 5.41) is 4.18. The van der Waals surface area contributed by atoms with Crippen molar-refractivity contribution in [1.82, 2.24) is 5.32 Å². The second-order valence-electron chi connectivity index (χ2n) is 4.99. The quantitative estimate of drug-likeness (QED) is 0.876. The second kappa shape index (κ2) is 6.50. The molecule has 0 aliphatic heterocycles. The molecule has 0 radical (unpaired) electrons. The van der Waals surface area contributed by atoms with Crippen LogP contribution in [0.3, 0.4) is 0 Å². The van der Waals surface area contributed by atoms with Crippen molar-refractivity contribution >= 4 is 33.8 Å². The Bertz CT molecular complexity index is 679. The van der Waals surface area contributed by atoms with E-state index in [4.69, 9.17) is 17.3 Å². The molecule has 0 spiro atoms. The standard InChI is InChI=1S/C16H19ClN2OS/c1-4-7-19-16(20)14-13(10(3)21-15(14)18)11-5-6-12(17)9(2)8-11/h5-6,8H,4,7,18H2,1-3H3,(H,19,20). The average molecular weight is 323 g/mol. The summed E-state index contributed by atoms with van der Waals surface area (Å²) in [5.74, 6) is -0.110. The molecule has 0 unspecified atom stereocenters. The van der Waals surface area contributed by atoms with Gasteiger partial charge in [0.15, 0.2) is 0 Å². The van der Waals surface area contributed by atoms with Crippen LogP contribution in [0.2, 0.25) is 5.02 Å². The number of carbonyl (C=O) groups excluding carboxylic acids is 1. The third-order valence-electron chi connectivity index (χ3n) is 3.32. The number of nitrogens with two attached hydrogens (primary N) is 1. The SMILES string of the molecule is CCCNC(=O)c1c(N)sc(C)c1-c1ccc(Cl)c(C)c1. The van der Waals surface area contributed by atoms with Gasteiger partial charge in [-0.15, -0.1) is 11.3 Å². The minimum atomic E-state index is -0.110. The van der Waals surface area contributed by atoms with Gasteiger partial charge in [-0.2, -0.15) is 0 Å². The Labute approximate surface area is 134 Å². The van der Waals surface area contributed by atoms with Crippen molar-refractivity contribution in [2.24, 2.45) is 0 Å². The van der Waals surface area contributed by atoms with E-state index in [9.17, 15) is 4.79 Å². The largest absolute Gasteiger partial charge is 0.390 e. The van der Waals surface area contributed by atoms with Crippen molar-refractivity contribution in [3.05, 3.63) is 39.2 Å². The highest BCUT2D eigenvalue weighted by Crippen LogP contribution is 2.39. The molecule has 21 heavy (non-hydrogen) atoms. The molecule has 1 aromatic heterocycles. The number of hydrogen-bond acceptors (Lipinski definition) is 3. The molecular weight excluding hydrogens is 304 g/mol. The molecule has 0 aliphatic rings. The van der Waals surface area contributed by atoms with Crippen molar-refractivity contribution in [2.45, 2.75) is 27.2 Å². The van der Waals surface area contributed by atoms with E-state index >= 15 is 0 Å². The molecule has 5 heteroatoms. The van der Waals surface area contributed by atoms with Gasteiger partial charge in [0.2, 0.25) is 0 Å². The molecular formula is C16H19ClN2OS. The lowest BCUT2D eigenvalue weighted by Crippen LogP contribution is -2.24. The maximum Gasteiger partial charge on any atom is 0.254 e. The zero-order chi connectivity index (χ0) is 15.6. The van der Waals surface area contributed by atoms with Gasteiger partial charge in [0.25, 0.3) is 5.91 Å². The van der Waals surface area contributed by atoms with Gasteiger partial charge in [-0.05, 0) is 43.5 Å². The Morgan fingerprint density at radius 1 is 1.38 bits per heavy atom. The molecule has 2 aromatic rings. The van der Waals surface area contributed by atoms with Crippen molar-refractivity contribution in [3.63, 3.8) is 0 Å². The van der Waals surface area contributed by atoms with Gasteiger partial charge in [-0.3, -0.25) is 4.79 Å². The summed E-state index contributed by atoms with van der Waals surface area (Å²) in [6.07, 6.45) is 0.893. The van der Waals surface area contributed by atoms with Crippen LogP contribution in [0.25, 0.3) is 11.1 Å². The second-order valence-corrected chi connectivity index (χ2v) is 6.66. The van der Waals surface area contributed by atoms with Gasteiger partial charge in [0.05, 0.1) is 10.6 Å². The normalized spacial score (nSPS) is 10.7. The maximum absolute atomic E-state index is 12.4. The van der Waals surface area contributed by atoms with Crippen molar-refractivity contribution in [2.75, 3.05) is 12.3 Å². The molecule has 0 fully saturated rings. The topological polar surface area (TPSA) is 55.1 Å². The van der Waals surface area contributed by atoms with Gasteiger partial charge in [0.1, 0.15) is 0 Å². The lowest BCUT2D eigenvalue weighted by Gasteiger charge is -2.09. The van der Waals surface area contributed by atoms with Crippen LogP contribution in [0.5, 0.6) is 0 Å². The third-order valence-corrected chi connectivity index (χ3v) is 4.68. The lowest BCUT2D eigenvalue weighted by atomic mass is 9.99. The number of nitrogens with one attached hydrogen (secondary N) is 1. The zero-order valence-electron chi connectivity index (χ0n) is 12.4. The molecule has 0 saturated heterocycles. The van der Waals surface area contributed by atoms with E-state index in [0.717, 1.165) is 33.0 Å². The summed E-state index contributed by atoms with van der Waals surface area (Å²) in [5.41, 5.74) is 9.50. The Balaban J connectivity index is 2.52. The number of halogens is 1. The first-order chi connectivity index (χ1) is 9.95. The fraction of sp³-hybridized carbons (Fsp3) is 0.312. The van der Waals surface area contributed by atoms with Gasteiger partial charge in [-0.1, -0.05) is 24.6 Å². The number of anilines is 1. The number of aryl methyl sites for hydroxylation is 2. The van der Waals surface area contributed by atoms with Gasteiger partial charge >= 0.3 is 0 Å². The summed E-state index contributed by atoms with van der Waals surface area (Å²) < 4.78 is 0. The minimum Gasteiger partial charge on any atom is -0.390 e. The average Bonchev–Trinajstić information content (AvgIpc) is 2.74. The van der Waals surface area contributed by atoms with Crippen LogP contribution in [0, 0.1) is 13.8 Å². The Morgan fingerprint density at radius 2 is 2.10 bits per heavy atom. The number of nitrogen functional groups attached to an aromatic ring is 1. The van der Waals surface area contributed by atoms with Gasteiger partial charge < -0.3 is 11.1 Å². The van der Waals surface area contributed by atoms with Crippen LogP contribution in [0.1, 0.15) is 34.1 Å². The summed E-state index contributed by atoms with van der Waals surface area (Å²) in [6, 6.07) is 5.78. The van der Waals surface area contributed by atoms with Crippen LogP contribution >= 0.6 is 22.9 Å². The number of carbonyl (C=O) groups is 1. The first-order valence-corrected chi connectivity index (χ1v) is 8.08. The Kier molecular flexibility index (Phi) is 4.91. The van der Waals surface area contributed by atoms with Gasteiger partial charge in [-0.25, -0.2) is 0 Å². The van der Waals surface area contributed by atoms with E-state index in [0.29, 0.717) is 17.1 Å². The van der Waals surface area contributed by atoms with Crippen LogP contribution in [0.4, 0.5) is 5.00 Å². The van der Waals surface area contributed by atoms with Crippen molar-refractivity contribution in [1.29, 1.82) is 0 Å².